The molecule has 2 aromatic rings. The molecule has 0 spiro atoms. The summed E-state index contributed by atoms with van der Waals surface area (Å²) in [6, 6.07) is 5.18. The average molecular weight is 319 g/mol. The van der Waals surface area contributed by atoms with E-state index in [0.29, 0.717) is 30.2 Å². The first-order valence-electron chi connectivity index (χ1n) is 6.67. The van der Waals surface area contributed by atoms with E-state index in [1.54, 1.807) is 18.2 Å². The maximum atomic E-state index is 11.2. The molecule has 0 unspecified atom stereocenters. The minimum atomic E-state index is -0.948. The topological polar surface area (TPSA) is 85.7 Å². The van der Waals surface area contributed by atoms with Crippen molar-refractivity contribution in [3.63, 3.8) is 0 Å². The van der Waals surface area contributed by atoms with E-state index in [4.69, 9.17) is 14.6 Å². The van der Waals surface area contributed by atoms with Gasteiger partial charge in [0.1, 0.15) is 22.9 Å². The fourth-order valence-corrected chi connectivity index (χ4v) is 3.26. The fourth-order valence-electron chi connectivity index (χ4n) is 2.21. The van der Waals surface area contributed by atoms with Crippen molar-refractivity contribution in [2.24, 2.45) is 0 Å². The van der Waals surface area contributed by atoms with Gasteiger partial charge in [-0.15, -0.1) is 11.3 Å². The van der Waals surface area contributed by atoms with E-state index < -0.39 is 5.97 Å². The van der Waals surface area contributed by atoms with Gasteiger partial charge in [-0.2, -0.15) is 0 Å². The van der Waals surface area contributed by atoms with Crippen LogP contribution in [-0.2, 0) is 22.6 Å². The molecule has 1 aliphatic rings. The lowest BCUT2D eigenvalue weighted by molar-refractivity contribution is -0.142. The van der Waals surface area contributed by atoms with Gasteiger partial charge in [0, 0.05) is 13.3 Å². The number of nitrogens with zero attached hydrogens (tertiary/aromatic N) is 1. The molecule has 0 fully saturated rings. The van der Waals surface area contributed by atoms with Crippen molar-refractivity contribution in [1.82, 2.24) is 4.98 Å². The number of carboxylic acids is 1. The summed E-state index contributed by atoms with van der Waals surface area (Å²) in [7, 11) is 0. The molecule has 1 aliphatic heterocycles. The van der Waals surface area contributed by atoms with E-state index >= 15 is 0 Å². The Bertz CT molecular complexity index is 752. The predicted molar refractivity (Wildman–Crippen MR) is 79.2 cm³/mol. The maximum absolute atomic E-state index is 11.2. The van der Waals surface area contributed by atoms with Gasteiger partial charge in [0.05, 0.1) is 17.2 Å². The Balaban J connectivity index is 2.03. The number of aromatic nitrogens is 1. The van der Waals surface area contributed by atoms with Crippen molar-refractivity contribution >= 4 is 23.3 Å². The Kier molecular flexibility index (Phi) is 3.81. The van der Waals surface area contributed by atoms with Crippen molar-refractivity contribution < 1.29 is 24.2 Å². The number of carbonyl (C=O) groups excluding carboxylic acids is 1. The van der Waals surface area contributed by atoms with Crippen molar-refractivity contribution in [3.05, 3.63) is 34.3 Å². The predicted octanol–water partition coefficient (Wildman–Crippen LogP) is 2.51. The molecule has 1 N–H and O–H groups in total. The molecule has 22 heavy (non-hydrogen) atoms. The zero-order chi connectivity index (χ0) is 15.7. The zero-order valence-corrected chi connectivity index (χ0v) is 12.6. The molecule has 6 nitrogen and oxygen atoms in total. The van der Waals surface area contributed by atoms with Gasteiger partial charge in [0.25, 0.3) is 0 Å². The van der Waals surface area contributed by atoms with Gasteiger partial charge in [0.15, 0.2) is 0 Å². The van der Waals surface area contributed by atoms with Crippen molar-refractivity contribution in [2.75, 3.05) is 6.61 Å². The van der Waals surface area contributed by atoms with Gasteiger partial charge in [0.2, 0.25) is 0 Å². The molecular weight excluding hydrogens is 306 g/mol. The standard InChI is InChI=1S/C15H13NO5S/c1-8(17)21-7-10-2-3-11-13(16-10)14-9(4-5-20-11)6-12(22-14)15(18)19/h2-3,6H,4-5,7H2,1H3,(H,18,19). The molecule has 0 amide bonds. The van der Waals surface area contributed by atoms with Crippen molar-refractivity contribution in [3.8, 4) is 16.3 Å². The number of carbonyl (C=O) groups is 2. The van der Waals surface area contributed by atoms with Crippen LogP contribution in [0.5, 0.6) is 5.75 Å². The second-order valence-corrected chi connectivity index (χ2v) is 5.85. The molecule has 0 saturated carbocycles. The van der Waals surface area contributed by atoms with E-state index in [9.17, 15) is 9.59 Å². The van der Waals surface area contributed by atoms with Gasteiger partial charge in [-0.05, 0) is 23.8 Å². The summed E-state index contributed by atoms with van der Waals surface area (Å²) >= 11 is 1.18. The number of pyridine rings is 1. The molecule has 0 aliphatic carbocycles. The Morgan fingerprint density at radius 2 is 2.27 bits per heavy atom. The van der Waals surface area contributed by atoms with Crippen molar-refractivity contribution in [1.29, 1.82) is 0 Å². The van der Waals surface area contributed by atoms with Crippen LogP contribution < -0.4 is 4.74 Å². The summed E-state index contributed by atoms with van der Waals surface area (Å²) < 4.78 is 10.6. The number of ether oxygens (including phenoxy) is 2. The highest BCUT2D eigenvalue weighted by Gasteiger charge is 2.22. The minimum Gasteiger partial charge on any atom is -0.491 e. The number of esters is 1. The second-order valence-electron chi connectivity index (χ2n) is 4.80. The monoisotopic (exact) mass is 319 g/mol. The quantitative estimate of drug-likeness (QED) is 0.875. The summed E-state index contributed by atoms with van der Waals surface area (Å²) in [4.78, 5) is 27.6. The number of rotatable bonds is 3. The highest BCUT2D eigenvalue weighted by molar-refractivity contribution is 7.17. The SMILES string of the molecule is CC(=O)OCc1ccc2c(n1)-c1sc(C(=O)O)cc1CCO2. The van der Waals surface area contributed by atoms with Crippen LogP contribution >= 0.6 is 11.3 Å². The number of hydrogen-bond donors (Lipinski definition) is 1. The first-order valence-corrected chi connectivity index (χ1v) is 7.48. The number of fused-ring (bicyclic) bond motifs is 3. The molecule has 114 valence electrons. The second kappa shape index (κ2) is 5.76. The molecule has 0 bridgehead atoms. The lowest BCUT2D eigenvalue weighted by Crippen LogP contribution is -2.02. The Labute approximate surface area is 130 Å². The van der Waals surface area contributed by atoms with E-state index in [1.807, 2.05) is 0 Å². The Hall–Kier alpha value is -2.41. The molecular formula is C15H13NO5S. The van der Waals surface area contributed by atoms with Crippen LogP contribution in [0.3, 0.4) is 0 Å². The third-order valence-electron chi connectivity index (χ3n) is 3.20. The van der Waals surface area contributed by atoms with E-state index in [1.165, 1.54) is 18.3 Å². The zero-order valence-electron chi connectivity index (χ0n) is 11.8. The molecule has 7 heteroatoms. The average Bonchev–Trinajstić information content (AvgIpc) is 2.83. The van der Waals surface area contributed by atoms with Gasteiger partial charge < -0.3 is 14.6 Å². The van der Waals surface area contributed by atoms with Crippen LogP contribution in [0.4, 0.5) is 0 Å². The largest absolute Gasteiger partial charge is 0.491 e. The molecule has 2 aromatic heterocycles. The first-order chi connectivity index (χ1) is 10.5. The first kappa shape index (κ1) is 14.5. The molecule has 3 rings (SSSR count). The van der Waals surface area contributed by atoms with Crippen LogP contribution in [0.15, 0.2) is 18.2 Å². The minimum absolute atomic E-state index is 0.0785. The van der Waals surface area contributed by atoms with Crippen LogP contribution in [0.25, 0.3) is 10.6 Å². The summed E-state index contributed by atoms with van der Waals surface area (Å²) in [5.74, 6) is -0.710. The highest BCUT2D eigenvalue weighted by atomic mass is 32.1. The van der Waals surface area contributed by atoms with E-state index in [-0.39, 0.29) is 17.5 Å². The van der Waals surface area contributed by atoms with Gasteiger partial charge in [-0.1, -0.05) is 0 Å². The number of thiophene rings is 1. The third-order valence-corrected chi connectivity index (χ3v) is 4.38. The molecule has 0 radical (unpaired) electrons. The lowest BCUT2D eigenvalue weighted by Gasteiger charge is -2.08. The molecule has 3 heterocycles. The molecule has 0 atom stereocenters. The van der Waals surface area contributed by atoms with Crippen molar-refractivity contribution in [2.45, 2.75) is 20.0 Å². The number of aromatic carboxylic acids is 1. The maximum Gasteiger partial charge on any atom is 0.345 e. The number of hydrogen-bond acceptors (Lipinski definition) is 6. The smallest absolute Gasteiger partial charge is 0.345 e. The van der Waals surface area contributed by atoms with Gasteiger partial charge >= 0.3 is 11.9 Å². The number of carboxylic acid groups (broad SMARTS) is 1. The van der Waals surface area contributed by atoms with Crippen LogP contribution in [0.2, 0.25) is 0 Å². The summed E-state index contributed by atoms with van der Waals surface area (Å²) in [6.45, 7) is 1.89. The van der Waals surface area contributed by atoms with E-state index in [2.05, 4.69) is 4.98 Å². The Morgan fingerprint density at radius 1 is 1.45 bits per heavy atom. The van der Waals surface area contributed by atoms with E-state index in [0.717, 1.165) is 10.4 Å². The fraction of sp³-hybridized carbons (Fsp3) is 0.267. The van der Waals surface area contributed by atoms with Crippen LogP contribution in [0, 0.1) is 0 Å². The Morgan fingerprint density at radius 3 is 3.00 bits per heavy atom. The summed E-state index contributed by atoms with van der Waals surface area (Å²) in [5.41, 5.74) is 2.11. The normalized spacial score (nSPS) is 12.6. The summed E-state index contributed by atoms with van der Waals surface area (Å²) in [6.07, 6.45) is 0.634. The third kappa shape index (κ3) is 2.80. The summed E-state index contributed by atoms with van der Waals surface area (Å²) in [5, 5.41) is 9.15. The molecule has 0 aromatic carbocycles. The van der Waals surface area contributed by atoms with Gasteiger partial charge in [-0.3, -0.25) is 4.79 Å². The van der Waals surface area contributed by atoms with Crippen LogP contribution in [-0.4, -0.2) is 28.6 Å². The lowest BCUT2D eigenvalue weighted by atomic mass is 10.1. The van der Waals surface area contributed by atoms with Gasteiger partial charge in [-0.25, -0.2) is 9.78 Å². The van der Waals surface area contributed by atoms with Crippen LogP contribution in [0.1, 0.15) is 27.9 Å². The highest BCUT2D eigenvalue weighted by Crippen LogP contribution is 2.39. The molecule has 0 saturated heterocycles.